The highest BCUT2D eigenvalue weighted by molar-refractivity contribution is 6.31. The second kappa shape index (κ2) is 3.42. The highest BCUT2D eigenvalue weighted by atomic mass is 19.4. The van der Waals surface area contributed by atoms with Crippen LogP contribution in [0.3, 0.4) is 0 Å². The molecule has 0 aliphatic carbocycles. The molecule has 0 aromatic rings. The first-order chi connectivity index (χ1) is 5.25. The summed E-state index contributed by atoms with van der Waals surface area (Å²) in [4.78, 5) is 20.0. The van der Waals surface area contributed by atoms with Crippen molar-refractivity contribution in [1.82, 2.24) is 5.32 Å². The van der Waals surface area contributed by atoms with E-state index in [2.05, 4.69) is 0 Å². The molecular formula is C5H6F3NO3. The van der Waals surface area contributed by atoms with Gasteiger partial charge in [-0.2, -0.15) is 13.2 Å². The molecule has 4 nitrogen and oxygen atoms in total. The summed E-state index contributed by atoms with van der Waals surface area (Å²) < 4.78 is 35.0. The Hall–Kier alpha value is -1.27. The van der Waals surface area contributed by atoms with Crippen LogP contribution >= 0.6 is 0 Å². The number of alkyl halides is 3. The van der Waals surface area contributed by atoms with Crippen LogP contribution in [0.25, 0.3) is 0 Å². The number of nitrogens with one attached hydrogen (secondary N) is 1. The fourth-order valence-corrected chi connectivity index (χ4v) is 0.340. The molecule has 0 fully saturated rings. The normalized spacial score (nSPS) is 13.7. The fourth-order valence-electron chi connectivity index (χ4n) is 0.340. The monoisotopic (exact) mass is 185 g/mol. The number of carboxylic acid groups (broad SMARTS) is 1. The number of aliphatic carboxylic acids is 1. The summed E-state index contributed by atoms with van der Waals surface area (Å²) >= 11 is 0. The van der Waals surface area contributed by atoms with Gasteiger partial charge in [0.25, 0.3) is 0 Å². The van der Waals surface area contributed by atoms with Gasteiger partial charge < -0.3 is 10.4 Å². The average Bonchev–Trinajstić information content (AvgIpc) is 1.85. The lowest BCUT2D eigenvalue weighted by Gasteiger charge is -2.15. The van der Waals surface area contributed by atoms with Crippen molar-refractivity contribution in [2.75, 3.05) is 0 Å². The van der Waals surface area contributed by atoms with E-state index in [9.17, 15) is 22.8 Å². The Morgan fingerprint density at radius 2 is 1.83 bits per heavy atom. The minimum atomic E-state index is -4.62. The van der Waals surface area contributed by atoms with Crippen LogP contribution < -0.4 is 5.32 Å². The molecule has 1 unspecified atom stereocenters. The van der Waals surface area contributed by atoms with Gasteiger partial charge in [0.05, 0.1) is 0 Å². The van der Waals surface area contributed by atoms with Gasteiger partial charge in [-0.1, -0.05) is 0 Å². The molecule has 70 valence electrons. The van der Waals surface area contributed by atoms with Crippen molar-refractivity contribution in [3.8, 4) is 0 Å². The standard InChI is InChI=1S/C5H6F3NO3/c1-2(5(6,7)8)9-3(10)4(11)12/h2H,1H3,(H,9,10)(H,11,12). The molecule has 1 amide bonds. The summed E-state index contributed by atoms with van der Waals surface area (Å²) in [5.74, 6) is -3.61. The second-order valence-corrected chi connectivity index (χ2v) is 2.04. The molecule has 0 bridgehead atoms. The maximum Gasteiger partial charge on any atom is 0.408 e. The smallest absolute Gasteiger partial charge is 0.408 e. The Morgan fingerprint density at radius 1 is 1.42 bits per heavy atom. The van der Waals surface area contributed by atoms with Crippen molar-refractivity contribution >= 4 is 11.9 Å². The topological polar surface area (TPSA) is 66.4 Å². The van der Waals surface area contributed by atoms with E-state index in [-0.39, 0.29) is 0 Å². The van der Waals surface area contributed by atoms with E-state index in [1.807, 2.05) is 0 Å². The Balaban J connectivity index is 4.11. The largest absolute Gasteiger partial charge is 0.474 e. The van der Waals surface area contributed by atoms with Gasteiger partial charge in [0.15, 0.2) is 0 Å². The van der Waals surface area contributed by atoms with Crippen molar-refractivity contribution in [3.05, 3.63) is 0 Å². The zero-order valence-electron chi connectivity index (χ0n) is 5.97. The summed E-state index contributed by atoms with van der Waals surface area (Å²) in [6.07, 6.45) is -4.62. The highest BCUT2D eigenvalue weighted by Crippen LogP contribution is 2.19. The minimum absolute atomic E-state index is 0.654. The Morgan fingerprint density at radius 3 is 2.08 bits per heavy atom. The number of halogens is 3. The Kier molecular flexibility index (Phi) is 3.06. The third kappa shape index (κ3) is 3.22. The van der Waals surface area contributed by atoms with Gasteiger partial charge in [-0.3, -0.25) is 4.79 Å². The molecule has 0 rings (SSSR count). The summed E-state index contributed by atoms with van der Waals surface area (Å²) in [6, 6.07) is -2.15. The number of hydrogen-bond acceptors (Lipinski definition) is 2. The molecular weight excluding hydrogens is 179 g/mol. The predicted octanol–water partition coefficient (Wildman–Crippen LogP) is 0.138. The van der Waals surface area contributed by atoms with Crippen LogP contribution in [0.5, 0.6) is 0 Å². The van der Waals surface area contributed by atoms with Gasteiger partial charge in [0.1, 0.15) is 6.04 Å². The molecule has 0 aromatic heterocycles. The number of hydrogen-bond donors (Lipinski definition) is 2. The molecule has 0 aliphatic heterocycles. The molecule has 0 saturated heterocycles. The SMILES string of the molecule is CC(NC(=O)C(=O)O)C(F)(F)F. The van der Waals surface area contributed by atoms with Gasteiger partial charge in [0, 0.05) is 0 Å². The Bertz CT molecular complexity index is 201. The molecule has 2 N–H and O–H groups in total. The average molecular weight is 185 g/mol. The molecule has 0 aliphatic rings. The lowest BCUT2D eigenvalue weighted by atomic mass is 10.3. The maximum atomic E-state index is 11.7. The first-order valence-corrected chi connectivity index (χ1v) is 2.85. The number of carboxylic acids is 1. The molecule has 0 spiro atoms. The highest BCUT2D eigenvalue weighted by Gasteiger charge is 2.37. The zero-order valence-corrected chi connectivity index (χ0v) is 5.97. The van der Waals surface area contributed by atoms with Crippen molar-refractivity contribution in [3.63, 3.8) is 0 Å². The molecule has 1 atom stereocenters. The van der Waals surface area contributed by atoms with E-state index in [0.29, 0.717) is 6.92 Å². The Labute approximate surface area is 65.4 Å². The summed E-state index contributed by atoms with van der Waals surface area (Å²) in [5, 5.41) is 9.17. The van der Waals surface area contributed by atoms with Gasteiger partial charge in [-0.05, 0) is 6.92 Å². The zero-order chi connectivity index (χ0) is 9.94. The first kappa shape index (κ1) is 10.7. The summed E-state index contributed by atoms with van der Waals surface area (Å²) in [6.45, 7) is 0.654. The van der Waals surface area contributed by atoms with Crippen molar-refractivity contribution < 1.29 is 27.9 Å². The third-order valence-corrected chi connectivity index (χ3v) is 1.03. The minimum Gasteiger partial charge on any atom is -0.474 e. The van der Waals surface area contributed by atoms with Gasteiger partial charge in [-0.15, -0.1) is 0 Å². The summed E-state index contributed by atoms with van der Waals surface area (Å²) in [5.41, 5.74) is 0. The van der Waals surface area contributed by atoms with Crippen LogP contribution in [0.4, 0.5) is 13.2 Å². The molecule has 7 heteroatoms. The molecule has 0 saturated carbocycles. The second-order valence-electron chi connectivity index (χ2n) is 2.04. The molecule has 0 heterocycles. The summed E-state index contributed by atoms with van der Waals surface area (Å²) in [7, 11) is 0. The van der Waals surface area contributed by atoms with Crippen LogP contribution in [-0.4, -0.2) is 29.2 Å². The van der Waals surface area contributed by atoms with Gasteiger partial charge >= 0.3 is 18.1 Å². The number of carbonyl (C=O) groups is 2. The van der Waals surface area contributed by atoms with E-state index < -0.39 is 24.1 Å². The van der Waals surface area contributed by atoms with Gasteiger partial charge in [0.2, 0.25) is 0 Å². The molecule has 12 heavy (non-hydrogen) atoms. The van der Waals surface area contributed by atoms with Crippen LogP contribution in [0.2, 0.25) is 0 Å². The number of amides is 1. The molecule has 0 aromatic carbocycles. The van der Waals surface area contributed by atoms with Crippen molar-refractivity contribution in [2.24, 2.45) is 0 Å². The predicted molar refractivity (Wildman–Crippen MR) is 31.3 cm³/mol. The van der Waals surface area contributed by atoms with Gasteiger partial charge in [-0.25, -0.2) is 4.79 Å². The number of carbonyl (C=O) groups excluding carboxylic acids is 1. The van der Waals surface area contributed by atoms with E-state index in [4.69, 9.17) is 5.11 Å². The van der Waals surface area contributed by atoms with Crippen LogP contribution in [0.15, 0.2) is 0 Å². The lowest BCUT2D eigenvalue weighted by Crippen LogP contribution is -2.45. The molecule has 0 radical (unpaired) electrons. The van der Waals surface area contributed by atoms with Crippen molar-refractivity contribution in [2.45, 2.75) is 19.1 Å². The maximum absolute atomic E-state index is 11.7. The quantitative estimate of drug-likeness (QED) is 0.571. The van der Waals surface area contributed by atoms with E-state index in [1.165, 1.54) is 5.32 Å². The van der Waals surface area contributed by atoms with E-state index >= 15 is 0 Å². The number of rotatable bonds is 1. The van der Waals surface area contributed by atoms with E-state index in [1.54, 1.807) is 0 Å². The van der Waals surface area contributed by atoms with Crippen molar-refractivity contribution in [1.29, 1.82) is 0 Å². The lowest BCUT2D eigenvalue weighted by molar-refractivity contribution is -0.163. The first-order valence-electron chi connectivity index (χ1n) is 2.85. The van der Waals surface area contributed by atoms with E-state index in [0.717, 1.165) is 0 Å². The van der Waals surface area contributed by atoms with Crippen LogP contribution in [0.1, 0.15) is 6.92 Å². The van der Waals surface area contributed by atoms with Crippen LogP contribution in [-0.2, 0) is 9.59 Å². The third-order valence-electron chi connectivity index (χ3n) is 1.03. The van der Waals surface area contributed by atoms with Crippen LogP contribution in [0, 0.1) is 0 Å². The fraction of sp³-hybridized carbons (Fsp3) is 0.600.